The molecule has 0 aliphatic carbocycles. The van der Waals surface area contributed by atoms with E-state index >= 15 is 0 Å². The molecule has 0 fully saturated rings. The highest BCUT2D eigenvalue weighted by Crippen LogP contribution is 2.09. The highest BCUT2D eigenvalue weighted by molar-refractivity contribution is 5.73. The van der Waals surface area contributed by atoms with Gasteiger partial charge >= 0.3 is 0 Å². The van der Waals surface area contributed by atoms with Crippen LogP contribution < -0.4 is 5.56 Å². The molecule has 2 rings (SSSR count). The molecule has 17 heavy (non-hydrogen) atoms. The van der Waals surface area contributed by atoms with Crippen molar-refractivity contribution in [2.75, 3.05) is 0 Å². The molecule has 0 aliphatic heterocycles. The second-order valence-corrected chi connectivity index (χ2v) is 3.70. The molecule has 92 valence electrons. The first kappa shape index (κ1) is 11.7. The Morgan fingerprint density at radius 1 is 1.47 bits per heavy atom. The van der Waals surface area contributed by atoms with Crippen molar-refractivity contribution in [3.63, 3.8) is 0 Å². The fourth-order valence-corrected chi connectivity index (χ4v) is 1.72. The summed E-state index contributed by atoms with van der Waals surface area (Å²) >= 11 is 0. The van der Waals surface area contributed by atoms with E-state index in [1.807, 2.05) is 6.92 Å². The Bertz CT molecular complexity index is 602. The van der Waals surface area contributed by atoms with E-state index in [1.165, 1.54) is 10.8 Å². The van der Waals surface area contributed by atoms with Gasteiger partial charge in [-0.1, -0.05) is 6.92 Å². The third-order valence-corrected chi connectivity index (χ3v) is 2.60. The number of alkyl halides is 2. The average molecular weight is 242 g/mol. The van der Waals surface area contributed by atoms with E-state index in [-0.39, 0.29) is 16.6 Å². The van der Waals surface area contributed by atoms with Crippen molar-refractivity contribution < 1.29 is 8.78 Å². The summed E-state index contributed by atoms with van der Waals surface area (Å²) in [6.45, 7) is 1.30. The lowest BCUT2D eigenvalue weighted by molar-refractivity contribution is 0.123. The van der Waals surface area contributed by atoms with Gasteiger partial charge in [0.1, 0.15) is 17.8 Å². The van der Waals surface area contributed by atoms with E-state index in [0.29, 0.717) is 12.2 Å². The normalized spacial score (nSPS) is 11.6. The summed E-state index contributed by atoms with van der Waals surface area (Å²) in [6, 6.07) is 0. The van der Waals surface area contributed by atoms with Crippen LogP contribution in [-0.2, 0) is 20.0 Å². The topological polar surface area (TPSA) is 52.7 Å². The number of rotatable bonds is 3. The number of aryl methyl sites for hydroxylation is 1. The van der Waals surface area contributed by atoms with Gasteiger partial charge in [0, 0.05) is 13.5 Å². The van der Waals surface area contributed by atoms with Gasteiger partial charge in [-0.2, -0.15) is 5.10 Å². The van der Waals surface area contributed by atoms with Gasteiger partial charge in [0.05, 0.1) is 6.20 Å². The summed E-state index contributed by atoms with van der Waals surface area (Å²) in [4.78, 5) is 16.1. The number of nitrogens with zero attached hydrogens (tertiary/aromatic N) is 4. The molecule has 0 bridgehead atoms. The lowest BCUT2D eigenvalue weighted by atomic mass is 10.3. The van der Waals surface area contributed by atoms with Crippen LogP contribution in [-0.4, -0.2) is 25.8 Å². The summed E-state index contributed by atoms with van der Waals surface area (Å²) in [5.41, 5.74) is -0.0300. The zero-order valence-corrected chi connectivity index (χ0v) is 9.52. The molecule has 0 aliphatic rings. The van der Waals surface area contributed by atoms with Crippen LogP contribution in [0.3, 0.4) is 0 Å². The molecule has 7 heteroatoms. The molecule has 5 nitrogen and oxygen atoms in total. The Morgan fingerprint density at radius 2 is 2.18 bits per heavy atom. The molecule has 2 aromatic heterocycles. The van der Waals surface area contributed by atoms with Crippen LogP contribution in [0.2, 0.25) is 0 Å². The van der Waals surface area contributed by atoms with E-state index in [4.69, 9.17) is 0 Å². The van der Waals surface area contributed by atoms with Crippen molar-refractivity contribution >= 4 is 11.0 Å². The number of hydrogen-bond donors (Lipinski definition) is 0. The molecule has 0 atom stereocenters. The van der Waals surface area contributed by atoms with E-state index in [2.05, 4.69) is 10.1 Å². The number of halogens is 2. The minimum absolute atomic E-state index is 0.227. The maximum Gasteiger partial charge on any atom is 0.264 e. The van der Waals surface area contributed by atoms with Crippen molar-refractivity contribution in [1.29, 1.82) is 0 Å². The molecule has 0 radical (unpaired) electrons. The van der Waals surface area contributed by atoms with Crippen LogP contribution in [0.4, 0.5) is 8.78 Å². The molecule has 0 saturated carbocycles. The lowest BCUT2D eigenvalue weighted by Crippen LogP contribution is -2.22. The third kappa shape index (κ3) is 1.92. The molecule has 0 spiro atoms. The van der Waals surface area contributed by atoms with Gasteiger partial charge in [-0.3, -0.25) is 9.36 Å². The van der Waals surface area contributed by atoms with Gasteiger partial charge in [0.15, 0.2) is 5.65 Å². The van der Waals surface area contributed by atoms with Crippen molar-refractivity contribution in [3.8, 4) is 0 Å². The Kier molecular flexibility index (Phi) is 2.91. The van der Waals surface area contributed by atoms with Crippen LogP contribution in [0.25, 0.3) is 11.0 Å². The number of fused-ring (bicyclic) bond motifs is 1. The maximum atomic E-state index is 12.3. The van der Waals surface area contributed by atoms with Gasteiger partial charge in [0.2, 0.25) is 0 Å². The van der Waals surface area contributed by atoms with Gasteiger partial charge < -0.3 is 0 Å². The molecule has 0 unspecified atom stereocenters. The summed E-state index contributed by atoms with van der Waals surface area (Å²) < 4.78 is 27.1. The SMILES string of the molecule is CCc1nc2c(cnn2CC(F)F)c(=O)n1C. The van der Waals surface area contributed by atoms with Crippen molar-refractivity contribution in [3.05, 3.63) is 22.4 Å². The summed E-state index contributed by atoms with van der Waals surface area (Å²) in [5.74, 6) is 0.554. The largest absolute Gasteiger partial charge is 0.299 e. The van der Waals surface area contributed by atoms with E-state index in [9.17, 15) is 13.6 Å². The first-order chi connectivity index (χ1) is 8.04. The van der Waals surface area contributed by atoms with E-state index < -0.39 is 13.0 Å². The van der Waals surface area contributed by atoms with Crippen LogP contribution in [0, 0.1) is 0 Å². The number of hydrogen-bond acceptors (Lipinski definition) is 3. The summed E-state index contributed by atoms with van der Waals surface area (Å²) in [6.07, 6.45) is -0.678. The first-order valence-corrected chi connectivity index (χ1v) is 5.24. The smallest absolute Gasteiger partial charge is 0.264 e. The summed E-state index contributed by atoms with van der Waals surface area (Å²) in [5, 5.41) is 4.04. The van der Waals surface area contributed by atoms with Gasteiger partial charge in [0.25, 0.3) is 12.0 Å². The molecule has 0 aromatic carbocycles. The van der Waals surface area contributed by atoms with Gasteiger partial charge in [-0.25, -0.2) is 18.4 Å². The van der Waals surface area contributed by atoms with E-state index in [1.54, 1.807) is 7.05 Å². The molecule has 0 saturated heterocycles. The summed E-state index contributed by atoms with van der Waals surface area (Å²) in [7, 11) is 1.61. The quantitative estimate of drug-likeness (QED) is 0.805. The highest BCUT2D eigenvalue weighted by Gasteiger charge is 2.14. The fourth-order valence-electron chi connectivity index (χ4n) is 1.72. The lowest BCUT2D eigenvalue weighted by Gasteiger charge is -2.06. The van der Waals surface area contributed by atoms with E-state index in [0.717, 1.165) is 4.68 Å². The van der Waals surface area contributed by atoms with Crippen LogP contribution in [0.5, 0.6) is 0 Å². The average Bonchev–Trinajstić information content (AvgIpc) is 2.66. The predicted molar refractivity (Wildman–Crippen MR) is 58.2 cm³/mol. The standard InChI is InChI=1S/C10H12F2N4O/c1-3-8-14-9-6(10(17)15(8)2)4-13-16(9)5-7(11)12/h4,7H,3,5H2,1-2H3. The monoisotopic (exact) mass is 242 g/mol. The van der Waals surface area contributed by atoms with Crippen LogP contribution in [0.1, 0.15) is 12.7 Å². The van der Waals surface area contributed by atoms with Gasteiger partial charge in [-0.05, 0) is 0 Å². The second kappa shape index (κ2) is 4.23. The second-order valence-electron chi connectivity index (χ2n) is 3.70. The Hall–Kier alpha value is -1.79. The number of aromatic nitrogens is 4. The molecule has 0 N–H and O–H groups in total. The minimum atomic E-state index is -2.52. The minimum Gasteiger partial charge on any atom is -0.299 e. The first-order valence-electron chi connectivity index (χ1n) is 5.24. The van der Waals surface area contributed by atoms with Crippen LogP contribution >= 0.6 is 0 Å². The van der Waals surface area contributed by atoms with Crippen molar-refractivity contribution in [2.45, 2.75) is 26.3 Å². The predicted octanol–water partition coefficient (Wildman–Crippen LogP) is 0.957. The highest BCUT2D eigenvalue weighted by atomic mass is 19.3. The fraction of sp³-hybridized carbons (Fsp3) is 0.500. The Balaban J connectivity index is 2.68. The molecular weight excluding hydrogens is 230 g/mol. The zero-order chi connectivity index (χ0) is 12.6. The molecule has 0 amide bonds. The maximum absolute atomic E-state index is 12.3. The molecule has 2 heterocycles. The van der Waals surface area contributed by atoms with Crippen molar-refractivity contribution in [2.24, 2.45) is 7.05 Å². The Labute approximate surface area is 95.7 Å². The van der Waals surface area contributed by atoms with Crippen LogP contribution in [0.15, 0.2) is 11.0 Å². The molecular formula is C10H12F2N4O. The zero-order valence-electron chi connectivity index (χ0n) is 9.52. The Morgan fingerprint density at radius 3 is 2.76 bits per heavy atom. The molecule has 2 aromatic rings. The van der Waals surface area contributed by atoms with Crippen molar-refractivity contribution in [1.82, 2.24) is 19.3 Å². The third-order valence-electron chi connectivity index (χ3n) is 2.60. The van der Waals surface area contributed by atoms with Gasteiger partial charge in [-0.15, -0.1) is 0 Å².